The van der Waals surface area contributed by atoms with Crippen LogP contribution < -0.4 is 0 Å². The van der Waals surface area contributed by atoms with Crippen LogP contribution in [-0.2, 0) is 0 Å². The second-order valence-corrected chi connectivity index (χ2v) is 5.17. The highest BCUT2D eigenvalue weighted by atomic mass is 16.2. The number of carbonyl (C=O) groups is 1. The number of nitrogens with one attached hydrogen (secondary N) is 1. The maximum absolute atomic E-state index is 12.2. The van der Waals surface area contributed by atoms with Crippen LogP contribution in [0.15, 0.2) is 0 Å². The summed E-state index contributed by atoms with van der Waals surface area (Å²) in [6.45, 7) is 0. The molecular weight excluding hydrogens is 216 g/mol. The predicted octanol–water partition coefficient (Wildman–Crippen LogP) is 1.70. The molecule has 1 heterocycles. The Bertz CT molecular complexity index is 418. The van der Waals surface area contributed by atoms with Crippen LogP contribution in [0.1, 0.15) is 60.9 Å². The Morgan fingerprint density at radius 2 is 2.00 bits per heavy atom. The minimum absolute atomic E-state index is 0.0416. The minimum Gasteiger partial charge on any atom is -0.336 e. The molecule has 0 aromatic carbocycles. The van der Waals surface area contributed by atoms with Crippen molar-refractivity contribution >= 4 is 5.91 Å². The van der Waals surface area contributed by atoms with E-state index in [2.05, 4.69) is 15.2 Å². The molecule has 0 spiro atoms. The molecule has 1 amide bonds. The first-order chi connectivity index (χ1) is 8.25. The molecule has 2 aliphatic carbocycles. The number of aromatic nitrogens is 3. The Hall–Kier alpha value is -1.39. The number of carbonyl (C=O) groups excluding carboxylic acids is 1. The molecule has 2 fully saturated rings. The zero-order valence-corrected chi connectivity index (χ0v) is 10.1. The molecule has 5 nitrogen and oxygen atoms in total. The van der Waals surface area contributed by atoms with E-state index in [4.69, 9.17) is 0 Å². The molecule has 0 aliphatic heterocycles. The Kier molecular flexibility index (Phi) is 2.61. The van der Waals surface area contributed by atoms with Crippen molar-refractivity contribution in [3.8, 4) is 0 Å². The molecule has 1 N–H and O–H groups in total. The summed E-state index contributed by atoms with van der Waals surface area (Å²) in [7, 11) is 1.87. The monoisotopic (exact) mass is 234 g/mol. The quantitative estimate of drug-likeness (QED) is 0.865. The third kappa shape index (κ3) is 2.06. The largest absolute Gasteiger partial charge is 0.336 e. The zero-order valence-electron chi connectivity index (χ0n) is 10.1. The first kappa shape index (κ1) is 10.7. The SMILES string of the molecule is CN(C(=O)c1n[nH]c(C2CC2)n1)C1CCCC1. The lowest BCUT2D eigenvalue weighted by molar-refractivity contribution is 0.0723. The fourth-order valence-electron chi connectivity index (χ4n) is 2.52. The van der Waals surface area contributed by atoms with Gasteiger partial charge in [-0.1, -0.05) is 12.8 Å². The maximum Gasteiger partial charge on any atom is 0.293 e. The molecule has 0 radical (unpaired) electrons. The standard InChI is InChI=1S/C12H18N4O/c1-16(9-4-2-3-5-9)12(17)11-13-10(14-15-11)8-6-7-8/h8-9H,2-7H2,1H3,(H,13,14,15). The van der Waals surface area contributed by atoms with Crippen LogP contribution in [0.4, 0.5) is 0 Å². The molecule has 3 rings (SSSR count). The van der Waals surface area contributed by atoms with E-state index in [1.54, 1.807) is 0 Å². The maximum atomic E-state index is 12.2. The number of rotatable bonds is 3. The number of hydrogen-bond donors (Lipinski definition) is 1. The van der Waals surface area contributed by atoms with E-state index in [1.807, 2.05) is 11.9 Å². The van der Waals surface area contributed by atoms with E-state index >= 15 is 0 Å². The minimum atomic E-state index is -0.0416. The molecule has 5 heteroatoms. The van der Waals surface area contributed by atoms with Crippen molar-refractivity contribution in [3.05, 3.63) is 11.6 Å². The van der Waals surface area contributed by atoms with Crippen molar-refractivity contribution in [2.45, 2.75) is 50.5 Å². The van der Waals surface area contributed by atoms with Gasteiger partial charge in [0.2, 0.25) is 5.82 Å². The highest BCUT2D eigenvalue weighted by molar-refractivity contribution is 5.90. The van der Waals surface area contributed by atoms with Gasteiger partial charge in [-0.25, -0.2) is 4.98 Å². The van der Waals surface area contributed by atoms with Gasteiger partial charge in [0.1, 0.15) is 5.82 Å². The molecule has 17 heavy (non-hydrogen) atoms. The molecule has 0 saturated heterocycles. The Morgan fingerprint density at radius 1 is 1.29 bits per heavy atom. The Labute approximate surface area is 101 Å². The van der Waals surface area contributed by atoms with Crippen LogP contribution in [0.3, 0.4) is 0 Å². The average molecular weight is 234 g/mol. The number of nitrogens with zero attached hydrogens (tertiary/aromatic N) is 3. The van der Waals surface area contributed by atoms with Crippen molar-refractivity contribution < 1.29 is 4.79 Å². The second kappa shape index (κ2) is 4.13. The number of H-pyrrole nitrogens is 1. The zero-order chi connectivity index (χ0) is 11.8. The van der Waals surface area contributed by atoms with Gasteiger partial charge < -0.3 is 4.90 Å². The summed E-state index contributed by atoms with van der Waals surface area (Å²) < 4.78 is 0. The van der Waals surface area contributed by atoms with Crippen molar-refractivity contribution in [3.63, 3.8) is 0 Å². The Balaban J connectivity index is 1.70. The van der Waals surface area contributed by atoms with Gasteiger partial charge in [0.15, 0.2) is 0 Å². The summed E-state index contributed by atoms with van der Waals surface area (Å²) in [6.07, 6.45) is 7.01. The highest BCUT2D eigenvalue weighted by Gasteiger charge is 2.30. The van der Waals surface area contributed by atoms with Gasteiger partial charge in [-0.15, -0.1) is 5.10 Å². The van der Waals surface area contributed by atoms with E-state index in [1.165, 1.54) is 25.7 Å². The molecule has 0 atom stereocenters. The van der Waals surface area contributed by atoms with E-state index in [0.29, 0.717) is 17.8 Å². The lowest BCUT2D eigenvalue weighted by Crippen LogP contribution is -2.35. The predicted molar refractivity (Wildman–Crippen MR) is 62.7 cm³/mol. The first-order valence-electron chi connectivity index (χ1n) is 6.45. The summed E-state index contributed by atoms with van der Waals surface area (Å²) in [5.74, 6) is 1.69. The number of aromatic amines is 1. The molecule has 2 saturated carbocycles. The average Bonchev–Trinajstić information content (AvgIpc) is 2.87. The summed E-state index contributed by atoms with van der Waals surface area (Å²) in [4.78, 5) is 18.3. The smallest absolute Gasteiger partial charge is 0.293 e. The van der Waals surface area contributed by atoms with Gasteiger partial charge in [0.05, 0.1) is 0 Å². The van der Waals surface area contributed by atoms with Crippen LogP contribution in [0.25, 0.3) is 0 Å². The van der Waals surface area contributed by atoms with Crippen LogP contribution >= 0.6 is 0 Å². The fourth-order valence-corrected chi connectivity index (χ4v) is 2.52. The molecule has 92 valence electrons. The van der Waals surface area contributed by atoms with Crippen molar-refractivity contribution in [2.75, 3.05) is 7.05 Å². The lowest BCUT2D eigenvalue weighted by atomic mass is 10.2. The number of amides is 1. The van der Waals surface area contributed by atoms with E-state index in [9.17, 15) is 4.79 Å². The van der Waals surface area contributed by atoms with E-state index in [-0.39, 0.29) is 5.91 Å². The molecule has 2 aliphatic rings. The molecule has 0 bridgehead atoms. The summed E-state index contributed by atoms with van der Waals surface area (Å²) in [5, 5.41) is 6.93. The summed E-state index contributed by atoms with van der Waals surface area (Å²) >= 11 is 0. The van der Waals surface area contributed by atoms with Crippen LogP contribution in [0.5, 0.6) is 0 Å². The first-order valence-corrected chi connectivity index (χ1v) is 6.45. The molecular formula is C12H18N4O. The molecule has 0 unspecified atom stereocenters. The Morgan fingerprint density at radius 3 is 2.65 bits per heavy atom. The number of hydrogen-bond acceptors (Lipinski definition) is 3. The highest BCUT2D eigenvalue weighted by Crippen LogP contribution is 2.37. The normalized spacial score (nSPS) is 20.8. The van der Waals surface area contributed by atoms with Crippen molar-refractivity contribution in [2.24, 2.45) is 0 Å². The van der Waals surface area contributed by atoms with Gasteiger partial charge in [-0.3, -0.25) is 9.89 Å². The van der Waals surface area contributed by atoms with Gasteiger partial charge in [0, 0.05) is 19.0 Å². The van der Waals surface area contributed by atoms with E-state index < -0.39 is 0 Å². The van der Waals surface area contributed by atoms with Crippen molar-refractivity contribution in [1.82, 2.24) is 20.1 Å². The fraction of sp³-hybridized carbons (Fsp3) is 0.750. The summed E-state index contributed by atoms with van der Waals surface area (Å²) in [5.41, 5.74) is 0. The lowest BCUT2D eigenvalue weighted by Gasteiger charge is -2.22. The molecule has 1 aromatic heterocycles. The van der Waals surface area contributed by atoms with Gasteiger partial charge in [0.25, 0.3) is 5.91 Å². The van der Waals surface area contributed by atoms with Crippen LogP contribution in [0, 0.1) is 0 Å². The van der Waals surface area contributed by atoms with Gasteiger partial charge in [-0.2, -0.15) is 0 Å². The second-order valence-electron chi connectivity index (χ2n) is 5.17. The van der Waals surface area contributed by atoms with Crippen LogP contribution in [0.2, 0.25) is 0 Å². The molecule has 1 aromatic rings. The summed E-state index contributed by atoms with van der Waals surface area (Å²) in [6, 6.07) is 0.380. The third-order valence-electron chi connectivity index (χ3n) is 3.85. The third-order valence-corrected chi connectivity index (χ3v) is 3.85. The van der Waals surface area contributed by atoms with Crippen molar-refractivity contribution in [1.29, 1.82) is 0 Å². The van der Waals surface area contributed by atoms with Gasteiger partial charge in [-0.05, 0) is 25.7 Å². The van der Waals surface area contributed by atoms with Crippen LogP contribution in [-0.4, -0.2) is 39.1 Å². The topological polar surface area (TPSA) is 61.9 Å². The van der Waals surface area contributed by atoms with Gasteiger partial charge >= 0.3 is 0 Å². The van der Waals surface area contributed by atoms with E-state index in [0.717, 1.165) is 18.7 Å².